The molecule has 0 amide bonds. The van der Waals surface area contributed by atoms with Crippen molar-refractivity contribution in [2.75, 3.05) is 0 Å². The minimum atomic E-state index is -4.81. The molecule has 0 spiro atoms. The zero-order chi connectivity index (χ0) is 14.6. The van der Waals surface area contributed by atoms with Gasteiger partial charge in [0.1, 0.15) is 0 Å². The van der Waals surface area contributed by atoms with Gasteiger partial charge in [-0.25, -0.2) is 4.39 Å². The third-order valence-corrected chi connectivity index (χ3v) is 3.38. The molecule has 0 unspecified atom stereocenters. The van der Waals surface area contributed by atoms with Gasteiger partial charge in [0.25, 0.3) is 0 Å². The quantitative estimate of drug-likeness (QED) is 0.735. The third-order valence-electron chi connectivity index (χ3n) is 3.38. The Morgan fingerprint density at radius 2 is 1.68 bits per heavy atom. The van der Waals surface area contributed by atoms with E-state index in [0.717, 1.165) is 12.8 Å². The summed E-state index contributed by atoms with van der Waals surface area (Å²) in [5.74, 6) is -2.40. The van der Waals surface area contributed by atoms with Crippen molar-refractivity contribution in [3.05, 3.63) is 28.6 Å². The van der Waals surface area contributed by atoms with Crippen LogP contribution in [0.15, 0.2) is 6.07 Å². The third kappa shape index (κ3) is 2.55. The van der Waals surface area contributed by atoms with Gasteiger partial charge in [-0.15, -0.1) is 0 Å². The van der Waals surface area contributed by atoms with Crippen molar-refractivity contribution in [2.24, 2.45) is 0 Å². The van der Waals surface area contributed by atoms with Gasteiger partial charge < -0.3 is 5.11 Å². The minimum Gasteiger partial charge on any atom is -0.505 e. The Kier molecular flexibility index (Phi) is 3.07. The summed E-state index contributed by atoms with van der Waals surface area (Å²) in [7, 11) is 0. The largest absolute Gasteiger partial charge is 0.505 e. The summed E-state index contributed by atoms with van der Waals surface area (Å²) in [6.45, 7) is 4.81. The molecule has 1 aromatic carbocycles. The molecule has 5 heteroatoms. The summed E-state index contributed by atoms with van der Waals surface area (Å²) in [6, 6.07) is 1.32. The molecule has 0 aromatic heterocycles. The van der Waals surface area contributed by atoms with E-state index in [1.165, 1.54) is 6.07 Å². The van der Waals surface area contributed by atoms with Crippen molar-refractivity contribution >= 4 is 0 Å². The maximum absolute atomic E-state index is 14.0. The fourth-order valence-electron chi connectivity index (χ4n) is 2.23. The van der Waals surface area contributed by atoms with Crippen LogP contribution in [0.3, 0.4) is 0 Å². The molecule has 0 aliphatic heterocycles. The standard InChI is InChI=1S/C14H16F4O/c1-13(2,3)9-6-8(7-4-5-7)12(19)11(15)10(9)14(16,17)18/h6-7,19H,4-5H2,1-3H3. The maximum atomic E-state index is 14.0. The Morgan fingerprint density at radius 1 is 1.16 bits per heavy atom. The summed E-state index contributed by atoms with van der Waals surface area (Å²) in [6.07, 6.45) is -3.25. The van der Waals surface area contributed by atoms with Crippen LogP contribution in [0.25, 0.3) is 0 Å². The van der Waals surface area contributed by atoms with E-state index in [0.29, 0.717) is 5.56 Å². The Bertz CT molecular complexity index is 508. The van der Waals surface area contributed by atoms with E-state index in [1.54, 1.807) is 20.8 Å². The van der Waals surface area contributed by atoms with Crippen LogP contribution in [-0.4, -0.2) is 5.11 Å². The molecule has 1 aliphatic carbocycles. The second-order valence-electron chi connectivity index (χ2n) is 6.07. The molecule has 0 atom stereocenters. The second-order valence-corrected chi connectivity index (χ2v) is 6.07. The van der Waals surface area contributed by atoms with E-state index >= 15 is 0 Å². The highest BCUT2D eigenvalue weighted by atomic mass is 19.4. The SMILES string of the molecule is CC(C)(C)c1cc(C2CC2)c(O)c(F)c1C(F)(F)F. The van der Waals surface area contributed by atoms with Crippen LogP contribution in [0.1, 0.15) is 56.2 Å². The lowest BCUT2D eigenvalue weighted by Crippen LogP contribution is -2.22. The highest BCUT2D eigenvalue weighted by Gasteiger charge is 2.43. The van der Waals surface area contributed by atoms with Crippen LogP contribution in [-0.2, 0) is 11.6 Å². The second kappa shape index (κ2) is 4.12. The van der Waals surface area contributed by atoms with Gasteiger partial charge in [-0.05, 0) is 29.7 Å². The highest BCUT2D eigenvalue weighted by Crippen LogP contribution is 2.49. The number of halogens is 4. The van der Waals surface area contributed by atoms with Gasteiger partial charge in [-0.3, -0.25) is 0 Å². The average molecular weight is 276 g/mol. The predicted molar refractivity (Wildman–Crippen MR) is 63.7 cm³/mol. The van der Waals surface area contributed by atoms with Crippen molar-refractivity contribution in [1.82, 2.24) is 0 Å². The molecule has 0 saturated heterocycles. The molecule has 1 aromatic rings. The summed E-state index contributed by atoms with van der Waals surface area (Å²) in [5, 5.41) is 9.67. The van der Waals surface area contributed by atoms with Crippen LogP contribution in [0.2, 0.25) is 0 Å². The first-order chi connectivity index (χ1) is 8.53. The molecular weight excluding hydrogens is 260 g/mol. The number of hydrogen-bond donors (Lipinski definition) is 1. The van der Waals surface area contributed by atoms with Crippen LogP contribution in [0.4, 0.5) is 17.6 Å². The van der Waals surface area contributed by atoms with E-state index in [4.69, 9.17) is 0 Å². The lowest BCUT2D eigenvalue weighted by molar-refractivity contribution is -0.141. The number of rotatable bonds is 1. The number of alkyl halides is 3. The molecule has 1 saturated carbocycles. The fraction of sp³-hybridized carbons (Fsp3) is 0.571. The van der Waals surface area contributed by atoms with Crippen molar-refractivity contribution < 1.29 is 22.7 Å². The van der Waals surface area contributed by atoms with Gasteiger partial charge >= 0.3 is 6.18 Å². The first-order valence-corrected chi connectivity index (χ1v) is 6.16. The monoisotopic (exact) mass is 276 g/mol. The Labute approximate surface area is 109 Å². The lowest BCUT2D eigenvalue weighted by atomic mass is 9.81. The molecule has 0 bridgehead atoms. The molecule has 19 heavy (non-hydrogen) atoms. The summed E-state index contributed by atoms with van der Waals surface area (Å²) in [4.78, 5) is 0. The molecule has 0 heterocycles. The normalized spacial score (nSPS) is 16.8. The zero-order valence-corrected chi connectivity index (χ0v) is 11.0. The molecule has 1 nitrogen and oxygen atoms in total. The van der Waals surface area contributed by atoms with E-state index in [1.807, 2.05) is 0 Å². The van der Waals surface area contributed by atoms with Gasteiger partial charge in [-0.2, -0.15) is 13.2 Å². The fourth-order valence-corrected chi connectivity index (χ4v) is 2.23. The summed E-state index contributed by atoms with van der Waals surface area (Å²) in [5.41, 5.74) is -1.99. The zero-order valence-electron chi connectivity index (χ0n) is 11.0. The minimum absolute atomic E-state index is 0.0158. The molecule has 1 fully saturated rings. The van der Waals surface area contributed by atoms with Gasteiger partial charge in [0.2, 0.25) is 0 Å². The van der Waals surface area contributed by atoms with Gasteiger partial charge in [0.05, 0.1) is 5.56 Å². The number of phenols is 1. The van der Waals surface area contributed by atoms with Crippen molar-refractivity contribution in [1.29, 1.82) is 0 Å². The highest BCUT2D eigenvalue weighted by molar-refractivity contribution is 5.50. The van der Waals surface area contributed by atoms with Gasteiger partial charge in [0.15, 0.2) is 11.6 Å². The summed E-state index contributed by atoms with van der Waals surface area (Å²) >= 11 is 0. The number of hydrogen-bond acceptors (Lipinski definition) is 1. The molecule has 1 N–H and O–H groups in total. The molecule has 106 valence electrons. The Hall–Kier alpha value is -1.26. The first-order valence-electron chi connectivity index (χ1n) is 6.16. The number of phenolic OH excluding ortho intramolecular Hbond substituents is 1. The van der Waals surface area contributed by atoms with E-state index in [9.17, 15) is 22.7 Å². The summed E-state index contributed by atoms with van der Waals surface area (Å²) < 4.78 is 53.0. The van der Waals surface area contributed by atoms with Crippen LogP contribution >= 0.6 is 0 Å². The number of aromatic hydroxyl groups is 1. The first kappa shape index (κ1) is 14.2. The molecule has 1 aliphatic rings. The lowest BCUT2D eigenvalue weighted by Gasteiger charge is -2.26. The van der Waals surface area contributed by atoms with Crippen LogP contribution in [0, 0.1) is 5.82 Å². The van der Waals surface area contributed by atoms with Crippen molar-refractivity contribution in [3.8, 4) is 5.75 Å². The van der Waals surface area contributed by atoms with Gasteiger partial charge in [0, 0.05) is 5.56 Å². The Balaban J connectivity index is 2.74. The predicted octanol–water partition coefficient (Wildman–Crippen LogP) is 4.73. The van der Waals surface area contributed by atoms with E-state index in [2.05, 4.69) is 0 Å². The maximum Gasteiger partial charge on any atom is 0.419 e. The van der Waals surface area contributed by atoms with Crippen LogP contribution in [0.5, 0.6) is 5.75 Å². The van der Waals surface area contributed by atoms with Crippen LogP contribution < -0.4 is 0 Å². The average Bonchev–Trinajstić information content (AvgIpc) is 3.01. The van der Waals surface area contributed by atoms with E-state index in [-0.39, 0.29) is 11.5 Å². The molecular formula is C14H16F4O. The van der Waals surface area contributed by atoms with E-state index < -0.39 is 28.7 Å². The number of benzene rings is 1. The van der Waals surface area contributed by atoms with Gasteiger partial charge in [-0.1, -0.05) is 26.8 Å². The Morgan fingerprint density at radius 3 is 2.05 bits per heavy atom. The van der Waals surface area contributed by atoms with Crippen molar-refractivity contribution in [2.45, 2.75) is 51.1 Å². The molecule has 2 rings (SSSR count). The topological polar surface area (TPSA) is 20.2 Å². The molecule has 0 radical (unpaired) electrons. The smallest absolute Gasteiger partial charge is 0.419 e. The van der Waals surface area contributed by atoms with Crippen molar-refractivity contribution in [3.63, 3.8) is 0 Å².